The molecule has 0 amide bonds. The minimum Gasteiger partial charge on any atom is -0.461 e. The predicted octanol–water partition coefficient (Wildman–Crippen LogP) is 6.32. The molecule has 2 aliphatic rings. The lowest BCUT2D eigenvalue weighted by molar-refractivity contribution is -0.122. The van der Waals surface area contributed by atoms with Gasteiger partial charge in [-0.3, -0.25) is 4.79 Å². The first-order valence-corrected chi connectivity index (χ1v) is 11.6. The molecule has 0 unspecified atom stereocenters. The molecule has 2 heterocycles. The highest BCUT2D eigenvalue weighted by atomic mass is 19.1. The third-order valence-electron chi connectivity index (χ3n) is 7.12. The van der Waals surface area contributed by atoms with Crippen molar-refractivity contribution in [2.75, 3.05) is 0 Å². The van der Waals surface area contributed by atoms with Crippen molar-refractivity contribution in [1.29, 1.82) is 0 Å². The second kappa shape index (κ2) is 7.68. The highest BCUT2D eigenvalue weighted by molar-refractivity contribution is 5.89. The molecule has 5 nitrogen and oxygen atoms in total. The molecule has 170 valence electrons. The number of aromatic amines is 1. The molecule has 0 atom stereocenters. The number of hydrogen-bond donors (Lipinski definition) is 1. The molecule has 0 bridgehead atoms. The first-order chi connectivity index (χ1) is 16.0. The van der Waals surface area contributed by atoms with Crippen molar-refractivity contribution < 1.29 is 18.3 Å². The normalized spacial score (nSPS) is 21.1. The summed E-state index contributed by atoms with van der Waals surface area (Å²) in [6.45, 7) is 1.63. The van der Waals surface area contributed by atoms with Crippen LogP contribution in [0.15, 0.2) is 36.5 Å². The summed E-state index contributed by atoms with van der Waals surface area (Å²) in [5.74, 6) is -1.03. The van der Waals surface area contributed by atoms with E-state index in [-0.39, 0.29) is 40.4 Å². The first-order valence-electron chi connectivity index (χ1n) is 11.6. The minimum atomic E-state index is -0.697. The van der Waals surface area contributed by atoms with Gasteiger partial charge in [0.15, 0.2) is 5.82 Å². The van der Waals surface area contributed by atoms with Crippen molar-refractivity contribution >= 4 is 27.7 Å². The van der Waals surface area contributed by atoms with Gasteiger partial charge >= 0.3 is 0 Å². The molecule has 2 aromatic carbocycles. The number of hydrogen-bond acceptors (Lipinski definition) is 3. The summed E-state index contributed by atoms with van der Waals surface area (Å²) in [6.07, 6.45) is 7.33. The van der Waals surface area contributed by atoms with Crippen molar-refractivity contribution in [3.8, 4) is 17.1 Å². The number of aromatic nitrogens is 3. The fourth-order valence-electron chi connectivity index (χ4n) is 5.11. The van der Waals surface area contributed by atoms with Gasteiger partial charge in [-0.2, -0.15) is 4.98 Å². The van der Waals surface area contributed by atoms with Gasteiger partial charge < -0.3 is 14.3 Å². The Kier molecular flexibility index (Phi) is 4.75. The van der Waals surface area contributed by atoms with Gasteiger partial charge in [0.1, 0.15) is 23.2 Å². The molecule has 2 saturated carbocycles. The molecule has 4 aromatic rings. The van der Waals surface area contributed by atoms with Crippen LogP contribution in [0.2, 0.25) is 0 Å². The predicted molar refractivity (Wildman–Crippen MR) is 122 cm³/mol. The maximum Gasteiger partial charge on any atom is 0.294 e. The zero-order valence-electron chi connectivity index (χ0n) is 18.4. The van der Waals surface area contributed by atoms with Gasteiger partial charge in [-0.1, -0.05) is 6.07 Å². The Hall–Kier alpha value is -3.22. The summed E-state index contributed by atoms with van der Waals surface area (Å²) in [4.78, 5) is 18.8. The van der Waals surface area contributed by atoms with E-state index in [1.165, 1.54) is 18.9 Å². The van der Waals surface area contributed by atoms with E-state index in [1.54, 1.807) is 13.0 Å². The standard InChI is InChI=1S/C26H25F2N3O2/c1-14(32)15-2-7-19(8-3-15)33-26-29-21-13-20(27)23(24(28)25(21)30-26)17-4-9-22-16(12-17)10-11-31(22)18-5-6-18/h4,9-13,15,18-19H,2-3,5-8H2,1H3,(H,29,30). The van der Waals surface area contributed by atoms with Gasteiger partial charge in [-0.05, 0) is 69.2 Å². The zero-order valence-corrected chi connectivity index (χ0v) is 18.4. The van der Waals surface area contributed by atoms with Crippen LogP contribution in [-0.2, 0) is 4.79 Å². The summed E-state index contributed by atoms with van der Waals surface area (Å²) in [5.41, 5.74) is 1.82. The molecule has 33 heavy (non-hydrogen) atoms. The molecular formula is C26H25F2N3O2. The van der Waals surface area contributed by atoms with Gasteiger partial charge in [-0.25, -0.2) is 8.78 Å². The maximum absolute atomic E-state index is 15.5. The van der Waals surface area contributed by atoms with Gasteiger partial charge in [0, 0.05) is 35.1 Å². The Balaban J connectivity index is 1.30. The van der Waals surface area contributed by atoms with E-state index < -0.39 is 11.6 Å². The Morgan fingerprint density at radius 1 is 1.09 bits per heavy atom. The number of ketones is 1. The largest absolute Gasteiger partial charge is 0.461 e. The number of nitrogens with zero attached hydrogens (tertiary/aromatic N) is 2. The first kappa shape index (κ1) is 20.4. The number of carbonyl (C=O) groups excluding carboxylic acids is 1. The number of Topliss-reactive ketones (excluding diaryl/α,β-unsaturated/α-hetero) is 1. The highest BCUT2D eigenvalue weighted by Crippen LogP contribution is 2.39. The van der Waals surface area contributed by atoms with Gasteiger partial charge in [-0.15, -0.1) is 0 Å². The monoisotopic (exact) mass is 449 g/mol. The lowest BCUT2D eigenvalue weighted by Crippen LogP contribution is -2.27. The van der Waals surface area contributed by atoms with E-state index in [0.29, 0.717) is 11.6 Å². The van der Waals surface area contributed by atoms with E-state index in [0.717, 1.165) is 36.6 Å². The second-order valence-corrected chi connectivity index (χ2v) is 9.42. The van der Waals surface area contributed by atoms with Crippen molar-refractivity contribution in [2.24, 2.45) is 5.92 Å². The quantitative estimate of drug-likeness (QED) is 0.388. The smallest absolute Gasteiger partial charge is 0.294 e. The molecule has 0 saturated heterocycles. The van der Waals surface area contributed by atoms with Crippen LogP contribution in [0.25, 0.3) is 33.1 Å². The van der Waals surface area contributed by atoms with Gasteiger partial charge in [0.2, 0.25) is 0 Å². The van der Waals surface area contributed by atoms with E-state index in [4.69, 9.17) is 4.74 Å². The molecule has 2 aliphatic carbocycles. The van der Waals surface area contributed by atoms with E-state index in [9.17, 15) is 4.79 Å². The molecule has 2 aromatic heterocycles. The molecule has 1 N–H and O–H groups in total. The fraction of sp³-hybridized carbons (Fsp3) is 0.385. The lowest BCUT2D eigenvalue weighted by Gasteiger charge is -2.26. The zero-order chi connectivity index (χ0) is 22.7. The number of ether oxygens (including phenoxy) is 1. The third-order valence-corrected chi connectivity index (χ3v) is 7.12. The van der Waals surface area contributed by atoms with Crippen molar-refractivity contribution in [3.63, 3.8) is 0 Å². The van der Waals surface area contributed by atoms with Crippen LogP contribution >= 0.6 is 0 Å². The van der Waals surface area contributed by atoms with Crippen molar-refractivity contribution in [1.82, 2.24) is 14.5 Å². The summed E-state index contributed by atoms with van der Waals surface area (Å²) in [7, 11) is 0. The van der Waals surface area contributed by atoms with Crippen molar-refractivity contribution in [3.05, 3.63) is 48.2 Å². The Morgan fingerprint density at radius 3 is 2.61 bits per heavy atom. The number of rotatable bonds is 5. The Labute approximate surface area is 189 Å². The van der Waals surface area contributed by atoms with Crippen LogP contribution in [0.3, 0.4) is 0 Å². The van der Waals surface area contributed by atoms with Crippen LogP contribution in [0.1, 0.15) is 51.5 Å². The van der Waals surface area contributed by atoms with Crippen LogP contribution in [-0.4, -0.2) is 26.4 Å². The Bertz CT molecular complexity index is 1380. The summed E-state index contributed by atoms with van der Waals surface area (Å²) in [5, 5.41) is 0.963. The van der Waals surface area contributed by atoms with Crippen LogP contribution in [0.4, 0.5) is 8.78 Å². The molecule has 0 radical (unpaired) electrons. The van der Waals surface area contributed by atoms with E-state index >= 15 is 8.78 Å². The van der Waals surface area contributed by atoms with Crippen LogP contribution < -0.4 is 4.74 Å². The average Bonchev–Trinajstić information content (AvgIpc) is 3.42. The molecular weight excluding hydrogens is 424 g/mol. The summed E-state index contributed by atoms with van der Waals surface area (Å²) >= 11 is 0. The number of benzene rings is 2. The molecule has 7 heteroatoms. The fourth-order valence-corrected chi connectivity index (χ4v) is 5.11. The summed E-state index contributed by atoms with van der Waals surface area (Å²) in [6, 6.07) is 9.53. The number of H-pyrrole nitrogens is 1. The van der Waals surface area contributed by atoms with Crippen LogP contribution in [0, 0.1) is 17.6 Å². The van der Waals surface area contributed by atoms with E-state index in [1.807, 2.05) is 24.4 Å². The lowest BCUT2D eigenvalue weighted by atomic mass is 9.85. The number of carbonyl (C=O) groups is 1. The highest BCUT2D eigenvalue weighted by Gasteiger charge is 2.27. The molecule has 6 rings (SSSR count). The number of fused-ring (bicyclic) bond motifs is 2. The maximum atomic E-state index is 15.5. The van der Waals surface area contributed by atoms with Crippen LogP contribution in [0.5, 0.6) is 6.01 Å². The SMILES string of the molecule is CC(=O)C1CCC(Oc2nc3c(F)c(-c4ccc5c(ccn5C5CC5)c4)c(F)cc3[nH]2)CC1. The second-order valence-electron chi connectivity index (χ2n) is 9.42. The number of halogens is 2. The minimum absolute atomic E-state index is 0.0643. The number of nitrogens with one attached hydrogen (secondary N) is 1. The third kappa shape index (κ3) is 3.59. The number of imidazole rings is 1. The van der Waals surface area contributed by atoms with Crippen molar-refractivity contribution in [2.45, 2.75) is 57.6 Å². The van der Waals surface area contributed by atoms with E-state index in [2.05, 4.69) is 14.5 Å². The summed E-state index contributed by atoms with van der Waals surface area (Å²) < 4.78 is 38.7. The molecule has 2 fully saturated rings. The average molecular weight is 450 g/mol. The van der Waals surface area contributed by atoms with Gasteiger partial charge in [0.05, 0.1) is 11.1 Å². The van der Waals surface area contributed by atoms with Gasteiger partial charge in [0.25, 0.3) is 6.01 Å². The molecule has 0 spiro atoms. The topological polar surface area (TPSA) is 59.9 Å². The molecule has 0 aliphatic heterocycles. The Morgan fingerprint density at radius 2 is 1.88 bits per heavy atom.